The molecule has 0 aromatic carbocycles. The van der Waals surface area contributed by atoms with E-state index in [1.165, 1.54) is 6.33 Å². The van der Waals surface area contributed by atoms with Crippen molar-refractivity contribution in [2.24, 2.45) is 0 Å². The number of hydrogen-bond donors (Lipinski definition) is 1. The van der Waals surface area contributed by atoms with Gasteiger partial charge >= 0.3 is 0 Å². The van der Waals surface area contributed by atoms with Crippen molar-refractivity contribution >= 4 is 23.2 Å². The molecule has 2 aromatic heterocycles. The van der Waals surface area contributed by atoms with Crippen molar-refractivity contribution in [1.29, 1.82) is 0 Å². The zero-order valence-corrected chi connectivity index (χ0v) is 13.4. The van der Waals surface area contributed by atoms with Crippen LogP contribution in [-0.2, 0) is 11.3 Å². The fraction of sp³-hybridized carbons (Fsp3) is 0.500. The van der Waals surface area contributed by atoms with Crippen LogP contribution in [0.1, 0.15) is 34.2 Å². The van der Waals surface area contributed by atoms with Crippen molar-refractivity contribution in [3.8, 4) is 0 Å². The third kappa shape index (κ3) is 2.40. The van der Waals surface area contributed by atoms with Crippen LogP contribution in [0.5, 0.6) is 0 Å². The molecule has 4 heterocycles. The van der Waals surface area contributed by atoms with Gasteiger partial charge in [0.25, 0.3) is 5.91 Å². The first-order chi connectivity index (χ1) is 11.1. The molecule has 4 rings (SSSR count). The number of nitrogens with zero attached hydrogens (tertiary/aromatic N) is 5. The molecule has 0 bridgehead atoms. The molecule has 0 radical (unpaired) electrons. The van der Waals surface area contributed by atoms with Gasteiger partial charge in [-0.05, 0) is 13.3 Å². The van der Waals surface area contributed by atoms with E-state index in [1.54, 1.807) is 16.2 Å². The van der Waals surface area contributed by atoms with E-state index in [4.69, 9.17) is 0 Å². The number of likely N-dealkylation sites (tertiary alicyclic amines) is 2. The number of hydrogen-bond acceptors (Lipinski definition) is 6. The highest BCUT2D eigenvalue weighted by atomic mass is 32.1. The molecule has 2 aliphatic rings. The summed E-state index contributed by atoms with van der Waals surface area (Å²) in [6, 6.07) is -0.0174. The minimum Gasteiger partial charge on any atom is -0.332 e. The molecule has 0 spiro atoms. The average Bonchev–Trinajstić information content (AvgIpc) is 3.27. The molecule has 2 amide bonds. The van der Waals surface area contributed by atoms with Crippen molar-refractivity contribution in [1.82, 2.24) is 30.0 Å². The molecule has 2 unspecified atom stereocenters. The SMILES string of the molecule is Cc1nc(CN2C(=O)CC3C2CCN3C(=O)c2ncn[nH]2)cs1. The van der Waals surface area contributed by atoms with Crippen LogP contribution in [0.4, 0.5) is 0 Å². The molecule has 9 heteroatoms. The molecule has 2 aromatic rings. The van der Waals surface area contributed by atoms with Gasteiger partial charge in [0.1, 0.15) is 6.33 Å². The highest BCUT2D eigenvalue weighted by Crippen LogP contribution is 2.34. The number of aromatic amines is 1. The molecule has 23 heavy (non-hydrogen) atoms. The van der Waals surface area contributed by atoms with E-state index in [0.717, 1.165) is 17.1 Å². The maximum absolute atomic E-state index is 12.5. The topological polar surface area (TPSA) is 95.1 Å². The lowest BCUT2D eigenvalue weighted by Gasteiger charge is -2.24. The highest BCUT2D eigenvalue weighted by Gasteiger charge is 2.48. The Morgan fingerprint density at radius 1 is 1.48 bits per heavy atom. The zero-order valence-electron chi connectivity index (χ0n) is 12.6. The fourth-order valence-electron chi connectivity index (χ4n) is 3.49. The molecule has 2 aliphatic heterocycles. The van der Waals surface area contributed by atoms with Crippen molar-refractivity contribution in [3.63, 3.8) is 0 Å². The molecule has 2 atom stereocenters. The van der Waals surface area contributed by atoms with E-state index in [1.807, 2.05) is 17.2 Å². The van der Waals surface area contributed by atoms with Crippen LogP contribution < -0.4 is 0 Å². The molecule has 0 aliphatic carbocycles. The number of H-pyrrole nitrogens is 1. The lowest BCUT2D eigenvalue weighted by atomic mass is 10.1. The second-order valence-electron chi connectivity index (χ2n) is 5.84. The van der Waals surface area contributed by atoms with Crippen LogP contribution in [-0.4, -0.2) is 60.4 Å². The summed E-state index contributed by atoms with van der Waals surface area (Å²) < 4.78 is 0. The summed E-state index contributed by atoms with van der Waals surface area (Å²) in [7, 11) is 0. The quantitative estimate of drug-likeness (QED) is 0.887. The third-order valence-corrected chi connectivity index (χ3v) is 5.31. The molecular formula is C14H16N6O2S. The molecule has 8 nitrogen and oxygen atoms in total. The lowest BCUT2D eigenvalue weighted by molar-refractivity contribution is -0.129. The lowest BCUT2D eigenvalue weighted by Crippen LogP contribution is -2.40. The monoisotopic (exact) mass is 332 g/mol. The maximum atomic E-state index is 12.5. The number of carbonyl (C=O) groups is 2. The predicted octanol–water partition coefficient (Wildman–Crippen LogP) is 0.585. The van der Waals surface area contributed by atoms with Gasteiger partial charge in [-0.2, -0.15) is 5.10 Å². The van der Waals surface area contributed by atoms with E-state index in [2.05, 4.69) is 20.2 Å². The second kappa shape index (κ2) is 5.41. The summed E-state index contributed by atoms with van der Waals surface area (Å²) in [5.74, 6) is 0.126. The van der Waals surface area contributed by atoms with E-state index in [-0.39, 0.29) is 29.7 Å². The van der Waals surface area contributed by atoms with Crippen molar-refractivity contribution in [3.05, 3.63) is 28.2 Å². The van der Waals surface area contributed by atoms with E-state index in [9.17, 15) is 9.59 Å². The van der Waals surface area contributed by atoms with E-state index < -0.39 is 0 Å². The van der Waals surface area contributed by atoms with Gasteiger partial charge in [0, 0.05) is 18.3 Å². The normalized spacial score (nSPS) is 23.6. The number of nitrogens with one attached hydrogen (secondary N) is 1. The van der Waals surface area contributed by atoms with Gasteiger partial charge in [0.2, 0.25) is 11.7 Å². The summed E-state index contributed by atoms with van der Waals surface area (Å²) in [6.45, 7) is 3.11. The number of carbonyl (C=O) groups excluding carboxylic acids is 2. The van der Waals surface area contributed by atoms with Crippen molar-refractivity contribution in [2.75, 3.05) is 6.54 Å². The molecule has 2 saturated heterocycles. The van der Waals surface area contributed by atoms with Gasteiger partial charge < -0.3 is 9.80 Å². The Bertz CT molecular complexity index is 742. The number of amides is 2. The molecule has 0 saturated carbocycles. The smallest absolute Gasteiger partial charge is 0.291 e. The fourth-order valence-corrected chi connectivity index (χ4v) is 4.09. The molecule has 1 N–H and O–H groups in total. The van der Waals surface area contributed by atoms with Gasteiger partial charge in [0.05, 0.1) is 29.3 Å². The number of rotatable bonds is 3. The summed E-state index contributed by atoms with van der Waals surface area (Å²) >= 11 is 1.59. The molecular weight excluding hydrogens is 316 g/mol. The Morgan fingerprint density at radius 3 is 3.04 bits per heavy atom. The van der Waals surface area contributed by atoms with Gasteiger partial charge in [-0.15, -0.1) is 11.3 Å². The highest BCUT2D eigenvalue weighted by molar-refractivity contribution is 7.09. The molecule has 2 fully saturated rings. The minimum atomic E-state index is -0.186. The van der Waals surface area contributed by atoms with E-state index in [0.29, 0.717) is 19.5 Å². The number of aromatic nitrogens is 4. The van der Waals surface area contributed by atoms with Crippen LogP contribution in [0.2, 0.25) is 0 Å². The number of fused-ring (bicyclic) bond motifs is 1. The Hall–Kier alpha value is -2.29. The molecule has 120 valence electrons. The first-order valence-corrected chi connectivity index (χ1v) is 8.38. The standard InChI is InChI=1S/C14H16N6O2S/c1-8-17-9(6-23-8)5-20-10-2-3-19(11(10)4-12(20)21)14(22)13-15-7-16-18-13/h6-7,10-11H,2-5H2,1H3,(H,15,16,18). The largest absolute Gasteiger partial charge is 0.332 e. The van der Waals surface area contributed by atoms with Gasteiger partial charge in [-0.25, -0.2) is 9.97 Å². The minimum absolute atomic E-state index is 0.0661. The predicted molar refractivity (Wildman–Crippen MR) is 81.6 cm³/mol. The van der Waals surface area contributed by atoms with Gasteiger partial charge in [-0.3, -0.25) is 14.7 Å². The zero-order chi connectivity index (χ0) is 16.0. The third-order valence-electron chi connectivity index (χ3n) is 4.49. The van der Waals surface area contributed by atoms with Gasteiger partial charge in [0.15, 0.2) is 0 Å². The van der Waals surface area contributed by atoms with E-state index >= 15 is 0 Å². The van der Waals surface area contributed by atoms with Crippen LogP contribution in [0.3, 0.4) is 0 Å². The van der Waals surface area contributed by atoms with Crippen LogP contribution in [0.15, 0.2) is 11.7 Å². The van der Waals surface area contributed by atoms with Crippen molar-refractivity contribution in [2.45, 2.75) is 38.4 Å². The first kappa shape index (κ1) is 14.3. The second-order valence-corrected chi connectivity index (χ2v) is 6.90. The maximum Gasteiger partial charge on any atom is 0.291 e. The summed E-state index contributed by atoms with van der Waals surface area (Å²) in [5, 5.41) is 9.30. The summed E-state index contributed by atoms with van der Waals surface area (Å²) in [5.41, 5.74) is 0.918. The Labute approximate surface area is 136 Å². The summed E-state index contributed by atoms with van der Waals surface area (Å²) in [4.78, 5) is 36.8. The first-order valence-electron chi connectivity index (χ1n) is 7.50. The Balaban J connectivity index is 1.52. The number of thiazole rings is 1. The van der Waals surface area contributed by atoms with Crippen LogP contribution in [0.25, 0.3) is 0 Å². The Kier molecular flexibility index (Phi) is 3.37. The van der Waals surface area contributed by atoms with Crippen LogP contribution >= 0.6 is 11.3 Å². The number of aryl methyl sites for hydroxylation is 1. The Morgan fingerprint density at radius 2 is 2.35 bits per heavy atom. The summed E-state index contributed by atoms with van der Waals surface area (Å²) in [6.07, 6.45) is 2.48. The van der Waals surface area contributed by atoms with Gasteiger partial charge in [-0.1, -0.05) is 0 Å². The van der Waals surface area contributed by atoms with Crippen molar-refractivity contribution < 1.29 is 9.59 Å². The average molecular weight is 332 g/mol. The van der Waals surface area contributed by atoms with Crippen LogP contribution in [0, 0.1) is 6.92 Å².